The number of hydrogen-bond donors (Lipinski definition) is 1. The second-order valence-electron chi connectivity index (χ2n) is 4.71. The maximum atomic E-state index is 12.9. The van der Waals surface area contributed by atoms with E-state index in [-0.39, 0.29) is 11.8 Å². The Morgan fingerprint density at radius 2 is 2.05 bits per heavy atom. The van der Waals surface area contributed by atoms with Crippen molar-refractivity contribution in [1.82, 2.24) is 9.88 Å². The smallest absolute Gasteiger partial charge is 0.306 e. The highest BCUT2D eigenvalue weighted by Crippen LogP contribution is 2.17. The van der Waals surface area contributed by atoms with Crippen molar-refractivity contribution in [3.8, 4) is 0 Å². The van der Waals surface area contributed by atoms with E-state index in [1.807, 2.05) is 0 Å². The van der Waals surface area contributed by atoms with Crippen LogP contribution in [-0.2, 0) is 9.59 Å². The Balaban J connectivity index is 1.91. The highest BCUT2D eigenvalue weighted by atomic mass is 19.1. The number of carboxylic acids is 1. The van der Waals surface area contributed by atoms with Gasteiger partial charge in [0.1, 0.15) is 5.82 Å². The van der Waals surface area contributed by atoms with Gasteiger partial charge in [-0.05, 0) is 30.5 Å². The van der Waals surface area contributed by atoms with Crippen LogP contribution in [-0.4, -0.2) is 40.0 Å². The van der Waals surface area contributed by atoms with E-state index in [4.69, 9.17) is 5.11 Å². The number of halogens is 1. The Bertz CT molecular complexity index is 537. The van der Waals surface area contributed by atoms with Gasteiger partial charge in [-0.15, -0.1) is 0 Å². The molecule has 2 heterocycles. The molecule has 0 aromatic carbocycles. The first kappa shape index (κ1) is 14.2. The van der Waals surface area contributed by atoms with Gasteiger partial charge in [0.15, 0.2) is 0 Å². The first-order valence-electron chi connectivity index (χ1n) is 6.36. The molecule has 1 aromatic heterocycles. The fraction of sp³-hybridized carbons (Fsp3) is 0.357. The summed E-state index contributed by atoms with van der Waals surface area (Å²) in [5, 5.41) is 8.88. The molecule has 1 aromatic rings. The summed E-state index contributed by atoms with van der Waals surface area (Å²) in [7, 11) is 0. The van der Waals surface area contributed by atoms with Crippen LogP contribution in [0.25, 0.3) is 6.08 Å². The molecule has 0 unspecified atom stereocenters. The van der Waals surface area contributed by atoms with Crippen LogP contribution in [0.15, 0.2) is 24.5 Å². The van der Waals surface area contributed by atoms with Gasteiger partial charge in [0.2, 0.25) is 5.91 Å². The monoisotopic (exact) mass is 278 g/mol. The number of pyridine rings is 1. The number of aromatic nitrogens is 1. The molecular formula is C14H15FN2O3. The van der Waals surface area contributed by atoms with Crippen molar-refractivity contribution < 1.29 is 19.1 Å². The minimum absolute atomic E-state index is 0.196. The van der Waals surface area contributed by atoms with Gasteiger partial charge in [0.25, 0.3) is 0 Å². The van der Waals surface area contributed by atoms with E-state index >= 15 is 0 Å². The van der Waals surface area contributed by atoms with Gasteiger partial charge in [-0.3, -0.25) is 14.6 Å². The predicted molar refractivity (Wildman–Crippen MR) is 70.2 cm³/mol. The zero-order valence-electron chi connectivity index (χ0n) is 10.8. The second-order valence-corrected chi connectivity index (χ2v) is 4.71. The van der Waals surface area contributed by atoms with Crippen LogP contribution < -0.4 is 0 Å². The summed E-state index contributed by atoms with van der Waals surface area (Å²) in [6.07, 6.45) is 6.35. The van der Waals surface area contributed by atoms with Crippen molar-refractivity contribution in [3.63, 3.8) is 0 Å². The highest BCUT2D eigenvalue weighted by Gasteiger charge is 2.25. The summed E-state index contributed by atoms with van der Waals surface area (Å²) in [6.45, 7) is 0.864. The Morgan fingerprint density at radius 1 is 1.35 bits per heavy atom. The lowest BCUT2D eigenvalue weighted by Gasteiger charge is -2.29. The van der Waals surface area contributed by atoms with Gasteiger partial charge in [0.05, 0.1) is 12.1 Å². The van der Waals surface area contributed by atoms with Gasteiger partial charge in [-0.25, -0.2) is 4.39 Å². The van der Waals surface area contributed by atoms with Crippen LogP contribution in [0, 0.1) is 11.7 Å². The number of rotatable bonds is 3. The van der Waals surface area contributed by atoms with Crippen LogP contribution in [0.2, 0.25) is 0 Å². The summed E-state index contributed by atoms with van der Waals surface area (Å²) >= 11 is 0. The third-order valence-electron chi connectivity index (χ3n) is 3.30. The zero-order chi connectivity index (χ0) is 14.5. The molecule has 1 saturated heterocycles. The molecule has 0 radical (unpaired) electrons. The lowest BCUT2D eigenvalue weighted by Crippen LogP contribution is -2.39. The van der Waals surface area contributed by atoms with Crippen LogP contribution >= 0.6 is 0 Å². The lowest BCUT2D eigenvalue weighted by atomic mass is 9.97. The van der Waals surface area contributed by atoms with Crippen LogP contribution in [0.1, 0.15) is 18.4 Å². The first-order valence-corrected chi connectivity index (χ1v) is 6.36. The summed E-state index contributed by atoms with van der Waals surface area (Å²) in [5.74, 6) is -1.83. The van der Waals surface area contributed by atoms with E-state index in [1.165, 1.54) is 24.4 Å². The molecule has 1 N–H and O–H groups in total. The largest absolute Gasteiger partial charge is 0.481 e. The minimum atomic E-state index is -0.807. The molecule has 0 saturated carbocycles. The molecule has 2 rings (SSSR count). The molecule has 0 aliphatic carbocycles. The fourth-order valence-corrected chi connectivity index (χ4v) is 2.14. The molecule has 1 aliphatic heterocycles. The first-order chi connectivity index (χ1) is 9.56. The molecule has 0 spiro atoms. The number of piperidine rings is 1. The average Bonchev–Trinajstić information content (AvgIpc) is 2.45. The predicted octanol–water partition coefficient (Wildman–Crippen LogP) is 1.56. The third kappa shape index (κ3) is 3.63. The van der Waals surface area contributed by atoms with Crippen molar-refractivity contribution in [3.05, 3.63) is 35.9 Å². The minimum Gasteiger partial charge on any atom is -0.481 e. The number of carboxylic acid groups (broad SMARTS) is 1. The second kappa shape index (κ2) is 6.27. The van der Waals surface area contributed by atoms with Gasteiger partial charge < -0.3 is 10.0 Å². The Kier molecular flexibility index (Phi) is 4.45. The maximum absolute atomic E-state index is 12.9. The van der Waals surface area contributed by atoms with Gasteiger partial charge in [-0.1, -0.05) is 0 Å². The third-order valence-corrected chi connectivity index (χ3v) is 3.30. The Morgan fingerprint density at radius 3 is 2.65 bits per heavy atom. The maximum Gasteiger partial charge on any atom is 0.306 e. The van der Waals surface area contributed by atoms with E-state index in [0.29, 0.717) is 31.5 Å². The van der Waals surface area contributed by atoms with E-state index in [0.717, 1.165) is 6.20 Å². The van der Waals surface area contributed by atoms with Crippen LogP contribution in [0.4, 0.5) is 4.39 Å². The number of aliphatic carboxylic acids is 1. The topological polar surface area (TPSA) is 70.5 Å². The van der Waals surface area contributed by atoms with Crippen molar-refractivity contribution in [1.29, 1.82) is 0 Å². The number of amides is 1. The lowest BCUT2D eigenvalue weighted by molar-refractivity contribution is -0.144. The molecule has 1 aliphatic rings. The Hall–Kier alpha value is -2.24. The van der Waals surface area contributed by atoms with Gasteiger partial charge in [0, 0.05) is 25.4 Å². The molecule has 0 bridgehead atoms. The molecular weight excluding hydrogens is 263 g/mol. The Labute approximate surface area is 115 Å². The average molecular weight is 278 g/mol. The van der Waals surface area contributed by atoms with E-state index < -0.39 is 11.8 Å². The van der Waals surface area contributed by atoms with Crippen molar-refractivity contribution in [2.75, 3.05) is 13.1 Å². The normalized spacial score (nSPS) is 16.6. The highest BCUT2D eigenvalue weighted by molar-refractivity contribution is 5.91. The van der Waals surface area contributed by atoms with E-state index in [9.17, 15) is 14.0 Å². The van der Waals surface area contributed by atoms with Crippen molar-refractivity contribution in [2.24, 2.45) is 5.92 Å². The number of carbonyl (C=O) groups excluding carboxylic acids is 1. The molecule has 1 fully saturated rings. The number of carbonyl (C=O) groups is 2. The molecule has 1 amide bonds. The zero-order valence-corrected chi connectivity index (χ0v) is 10.8. The molecule has 5 nitrogen and oxygen atoms in total. The van der Waals surface area contributed by atoms with Gasteiger partial charge >= 0.3 is 5.97 Å². The number of nitrogens with zero attached hydrogens (tertiary/aromatic N) is 2. The standard InChI is InChI=1S/C14H15FN2O3/c15-12-7-10(8-16-9-12)1-2-13(18)17-5-3-11(4-6-17)14(19)20/h1-2,7-9,11H,3-6H2,(H,19,20). The van der Waals surface area contributed by atoms with Crippen LogP contribution in [0.3, 0.4) is 0 Å². The van der Waals surface area contributed by atoms with Crippen molar-refractivity contribution >= 4 is 18.0 Å². The van der Waals surface area contributed by atoms with Gasteiger partial charge in [-0.2, -0.15) is 0 Å². The molecule has 106 valence electrons. The molecule has 20 heavy (non-hydrogen) atoms. The van der Waals surface area contributed by atoms with E-state index in [2.05, 4.69) is 4.98 Å². The van der Waals surface area contributed by atoms with E-state index in [1.54, 1.807) is 4.90 Å². The quantitative estimate of drug-likeness (QED) is 0.852. The fourth-order valence-electron chi connectivity index (χ4n) is 2.14. The number of hydrogen-bond acceptors (Lipinski definition) is 3. The summed E-state index contributed by atoms with van der Waals surface area (Å²) < 4.78 is 12.9. The summed E-state index contributed by atoms with van der Waals surface area (Å²) in [4.78, 5) is 28.0. The SMILES string of the molecule is O=C(O)C1CCN(C(=O)C=Cc2cncc(F)c2)CC1. The number of likely N-dealkylation sites (tertiary alicyclic amines) is 1. The molecule has 0 atom stereocenters. The van der Waals surface area contributed by atoms with Crippen LogP contribution in [0.5, 0.6) is 0 Å². The summed E-state index contributed by atoms with van der Waals surface area (Å²) in [6, 6.07) is 1.29. The van der Waals surface area contributed by atoms with Crippen molar-refractivity contribution in [2.45, 2.75) is 12.8 Å². The molecule has 6 heteroatoms. The summed E-state index contributed by atoms with van der Waals surface area (Å²) in [5.41, 5.74) is 0.513.